The van der Waals surface area contributed by atoms with Crippen molar-refractivity contribution < 1.29 is 27.5 Å². The van der Waals surface area contributed by atoms with E-state index < -0.39 is 21.8 Å². The van der Waals surface area contributed by atoms with Crippen LogP contribution in [0.3, 0.4) is 0 Å². The minimum atomic E-state index is -3.90. The Bertz CT molecular complexity index is 1040. The smallest absolute Gasteiger partial charge is 0.308 e. The predicted octanol–water partition coefficient (Wildman–Crippen LogP) is 4.61. The normalized spacial score (nSPS) is 11.7. The van der Waals surface area contributed by atoms with Crippen molar-refractivity contribution in [2.75, 3.05) is 0 Å². The van der Waals surface area contributed by atoms with Gasteiger partial charge in [-0.25, -0.2) is 8.42 Å². The van der Waals surface area contributed by atoms with E-state index in [0.717, 1.165) is 0 Å². The molecule has 0 radical (unpaired) electrons. The van der Waals surface area contributed by atoms with Gasteiger partial charge in [0.2, 0.25) is 9.84 Å². The van der Waals surface area contributed by atoms with Crippen LogP contribution < -0.4 is 9.47 Å². The lowest BCUT2D eigenvalue weighted by atomic mass is 10.1. The summed E-state index contributed by atoms with van der Waals surface area (Å²) in [5.74, 6) is -0.403. The van der Waals surface area contributed by atoms with Crippen LogP contribution in [0.5, 0.6) is 11.5 Å². The molecule has 164 valence electrons. The zero-order chi connectivity index (χ0) is 23.0. The van der Waals surface area contributed by atoms with Crippen molar-refractivity contribution in [1.82, 2.24) is 0 Å². The molecule has 0 saturated heterocycles. The van der Waals surface area contributed by atoms with Crippen LogP contribution in [-0.2, 0) is 32.3 Å². The van der Waals surface area contributed by atoms with Crippen molar-refractivity contribution >= 4 is 21.8 Å². The first kappa shape index (κ1) is 24.1. The van der Waals surface area contributed by atoms with Crippen molar-refractivity contribution in [2.24, 2.45) is 0 Å². The van der Waals surface area contributed by atoms with Gasteiger partial charge < -0.3 is 9.47 Å². The minimum absolute atomic E-state index is 0.128. The first-order valence-electron chi connectivity index (χ1n) is 9.79. The molecule has 0 unspecified atom stereocenters. The Morgan fingerprint density at radius 3 is 1.48 bits per heavy atom. The maximum absolute atomic E-state index is 13.6. The first-order chi connectivity index (χ1) is 14.7. The molecule has 0 fully saturated rings. The molecule has 31 heavy (non-hydrogen) atoms. The molecule has 0 amide bonds. The van der Waals surface area contributed by atoms with Gasteiger partial charge in [-0.15, -0.1) is 0 Å². The molecule has 0 aromatic heterocycles. The number of carbonyl (C=O) groups excluding carboxylic acids is 2. The highest BCUT2D eigenvalue weighted by atomic mass is 32.2. The highest BCUT2D eigenvalue weighted by molar-refractivity contribution is 7.91. The third-order valence-electron chi connectivity index (χ3n) is 4.31. The molecule has 0 aliphatic heterocycles. The van der Waals surface area contributed by atoms with Crippen molar-refractivity contribution in [2.45, 2.75) is 50.3 Å². The molecule has 0 aliphatic rings. The molecule has 0 bridgehead atoms. The van der Waals surface area contributed by atoms with Crippen LogP contribution in [0.1, 0.15) is 38.8 Å². The molecule has 0 atom stereocenters. The fourth-order valence-corrected chi connectivity index (χ4v) is 4.73. The van der Waals surface area contributed by atoms with Crippen LogP contribution >= 0.6 is 0 Å². The molecular formula is C24H26O6S. The average molecular weight is 443 g/mol. The third kappa shape index (κ3) is 6.39. The van der Waals surface area contributed by atoms with Crippen LogP contribution in [-0.4, -0.2) is 20.4 Å². The number of esters is 2. The molecule has 0 aliphatic carbocycles. The van der Waals surface area contributed by atoms with Gasteiger partial charge in [-0.2, -0.15) is 0 Å². The zero-order valence-corrected chi connectivity index (χ0v) is 18.9. The Hall–Kier alpha value is -3.19. The summed E-state index contributed by atoms with van der Waals surface area (Å²) in [6.45, 7) is 6.25. The lowest BCUT2D eigenvalue weighted by Crippen LogP contribution is -2.10. The van der Waals surface area contributed by atoms with Gasteiger partial charge in [-0.3, -0.25) is 9.59 Å². The van der Waals surface area contributed by atoms with Crippen LogP contribution in [0, 0.1) is 0 Å². The zero-order valence-electron chi connectivity index (χ0n) is 18.0. The molecule has 2 aromatic rings. The largest absolute Gasteiger partial charge is 0.427 e. The van der Waals surface area contributed by atoms with Gasteiger partial charge >= 0.3 is 11.9 Å². The molecule has 0 heterocycles. The summed E-state index contributed by atoms with van der Waals surface area (Å²) in [5, 5.41) is 0. The topological polar surface area (TPSA) is 86.7 Å². The Balaban J connectivity index is 2.64. The highest BCUT2D eigenvalue weighted by Gasteiger charge is 2.25. The Labute approximate surface area is 183 Å². The van der Waals surface area contributed by atoms with Gasteiger partial charge in [0.05, 0.1) is 9.79 Å². The number of rotatable bonds is 8. The van der Waals surface area contributed by atoms with Gasteiger partial charge in [-0.1, -0.05) is 24.3 Å². The summed E-state index contributed by atoms with van der Waals surface area (Å²) in [6.07, 6.45) is 8.01. The van der Waals surface area contributed by atoms with E-state index in [1.165, 1.54) is 38.1 Å². The second-order valence-electron chi connectivity index (χ2n) is 6.78. The van der Waals surface area contributed by atoms with Crippen LogP contribution in [0.4, 0.5) is 0 Å². The quantitative estimate of drug-likeness (QED) is 0.337. The standard InChI is InChI=1S/C24H26O6S/c1-5-7-9-19-15-21(29-17(3)25)11-13-23(19)31(27,28)24-14-12-22(30-18(4)26)16-20(24)10-8-6-2/h5-8,11-16H,9-10H2,1-4H3. The third-order valence-corrected chi connectivity index (χ3v) is 6.27. The molecule has 7 heteroatoms. The van der Waals surface area contributed by atoms with Crippen molar-refractivity contribution in [3.63, 3.8) is 0 Å². The van der Waals surface area contributed by atoms with Gasteiger partial charge in [0.15, 0.2) is 0 Å². The summed E-state index contributed by atoms with van der Waals surface area (Å²) >= 11 is 0. The van der Waals surface area contributed by atoms with E-state index in [2.05, 4.69) is 0 Å². The van der Waals surface area contributed by atoms with E-state index in [4.69, 9.17) is 9.47 Å². The maximum atomic E-state index is 13.6. The average Bonchev–Trinajstić information content (AvgIpc) is 2.69. The van der Waals surface area contributed by atoms with Gasteiger partial charge in [0.25, 0.3) is 0 Å². The number of ether oxygens (including phenoxy) is 2. The second kappa shape index (κ2) is 10.7. The maximum Gasteiger partial charge on any atom is 0.308 e. The van der Waals surface area contributed by atoms with E-state index in [9.17, 15) is 18.0 Å². The number of hydrogen-bond donors (Lipinski definition) is 0. The molecule has 2 rings (SSSR count). The first-order valence-corrected chi connectivity index (χ1v) is 11.3. The Kier molecular flexibility index (Phi) is 8.33. The van der Waals surface area contributed by atoms with E-state index in [1.807, 2.05) is 38.2 Å². The van der Waals surface area contributed by atoms with Crippen LogP contribution in [0.2, 0.25) is 0 Å². The van der Waals surface area contributed by atoms with Gasteiger partial charge in [0, 0.05) is 13.8 Å². The van der Waals surface area contributed by atoms with Crippen molar-refractivity contribution in [3.05, 3.63) is 71.8 Å². The summed E-state index contributed by atoms with van der Waals surface area (Å²) in [4.78, 5) is 22.9. The highest BCUT2D eigenvalue weighted by Crippen LogP contribution is 2.32. The van der Waals surface area contributed by atoms with E-state index in [1.54, 1.807) is 12.1 Å². The predicted molar refractivity (Wildman–Crippen MR) is 118 cm³/mol. The Morgan fingerprint density at radius 2 is 1.16 bits per heavy atom. The van der Waals surface area contributed by atoms with Crippen molar-refractivity contribution in [3.8, 4) is 11.5 Å². The minimum Gasteiger partial charge on any atom is -0.427 e. The fraction of sp³-hybridized carbons (Fsp3) is 0.250. The summed E-state index contributed by atoms with van der Waals surface area (Å²) in [7, 11) is -3.90. The lowest BCUT2D eigenvalue weighted by Gasteiger charge is -2.15. The summed E-state index contributed by atoms with van der Waals surface area (Å²) < 4.78 is 37.5. The number of hydrogen-bond acceptors (Lipinski definition) is 6. The molecule has 2 aromatic carbocycles. The lowest BCUT2D eigenvalue weighted by molar-refractivity contribution is -0.132. The number of sulfone groups is 1. The number of allylic oxidation sites excluding steroid dienone is 4. The van der Waals surface area contributed by atoms with E-state index in [0.29, 0.717) is 24.0 Å². The van der Waals surface area contributed by atoms with Crippen LogP contribution in [0.25, 0.3) is 0 Å². The van der Waals surface area contributed by atoms with Gasteiger partial charge in [-0.05, 0) is 74.2 Å². The molecule has 0 spiro atoms. The number of carbonyl (C=O) groups is 2. The second-order valence-corrected chi connectivity index (χ2v) is 8.66. The van der Waals surface area contributed by atoms with Gasteiger partial charge in [0.1, 0.15) is 11.5 Å². The van der Waals surface area contributed by atoms with E-state index in [-0.39, 0.29) is 21.3 Å². The number of benzene rings is 2. The monoisotopic (exact) mass is 442 g/mol. The van der Waals surface area contributed by atoms with Crippen LogP contribution in [0.15, 0.2) is 70.5 Å². The summed E-state index contributed by atoms with van der Waals surface area (Å²) in [5.41, 5.74) is 1.02. The summed E-state index contributed by atoms with van der Waals surface area (Å²) in [6, 6.07) is 8.95. The molecule has 0 N–H and O–H groups in total. The SMILES string of the molecule is CC=CCc1cc(OC(C)=O)ccc1S(=O)(=O)c1ccc(OC(C)=O)cc1CC=CC. The Morgan fingerprint density at radius 1 is 0.774 bits per heavy atom. The molecule has 6 nitrogen and oxygen atoms in total. The fourth-order valence-electron chi connectivity index (χ4n) is 3.02. The van der Waals surface area contributed by atoms with E-state index >= 15 is 0 Å². The molecule has 0 saturated carbocycles. The molecular weight excluding hydrogens is 416 g/mol. The van der Waals surface area contributed by atoms with Crippen molar-refractivity contribution in [1.29, 1.82) is 0 Å².